The van der Waals surface area contributed by atoms with Crippen LogP contribution in [-0.4, -0.2) is 19.0 Å². The van der Waals surface area contributed by atoms with Gasteiger partial charge in [-0.05, 0) is 38.2 Å². The van der Waals surface area contributed by atoms with Crippen molar-refractivity contribution in [1.82, 2.24) is 0 Å². The second kappa shape index (κ2) is 6.85. The number of rotatable bonds is 5. The van der Waals surface area contributed by atoms with Gasteiger partial charge in [0.25, 0.3) is 0 Å². The average Bonchev–Trinajstić information content (AvgIpc) is 2.39. The largest absolute Gasteiger partial charge is 0.373 e. The molecule has 1 aromatic rings. The first-order valence-electron chi connectivity index (χ1n) is 7.35. The van der Waals surface area contributed by atoms with E-state index >= 15 is 0 Å². The Morgan fingerprint density at radius 3 is 2.63 bits per heavy atom. The van der Waals surface area contributed by atoms with Crippen molar-refractivity contribution < 1.29 is 9.53 Å². The molecule has 0 radical (unpaired) electrons. The summed E-state index contributed by atoms with van der Waals surface area (Å²) in [5.74, 6) is 0.772. The van der Waals surface area contributed by atoms with E-state index in [0.717, 1.165) is 17.7 Å². The molecular formula is C17H24O2. The Balaban J connectivity index is 1.80. The maximum absolute atomic E-state index is 12.1. The van der Waals surface area contributed by atoms with Crippen molar-refractivity contribution in [1.29, 1.82) is 0 Å². The van der Waals surface area contributed by atoms with Crippen molar-refractivity contribution >= 4 is 5.78 Å². The molecule has 1 saturated carbocycles. The van der Waals surface area contributed by atoms with Gasteiger partial charge in [0.2, 0.25) is 0 Å². The predicted molar refractivity (Wildman–Crippen MR) is 77.6 cm³/mol. The summed E-state index contributed by atoms with van der Waals surface area (Å²) in [5, 5.41) is 0. The molecule has 1 fully saturated rings. The molecule has 0 spiro atoms. The highest BCUT2D eigenvalue weighted by Gasteiger charge is 2.15. The summed E-state index contributed by atoms with van der Waals surface area (Å²) in [7, 11) is 0. The van der Waals surface area contributed by atoms with Crippen LogP contribution < -0.4 is 0 Å². The van der Waals surface area contributed by atoms with Gasteiger partial charge in [-0.3, -0.25) is 4.79 Å². The molecule has 0 saturated heterocycles. The van der Waals surface area contributed by atoms with Crippen molar-refractivity contribution in [2.45, 2.75) is 46.0 Å². The molecule has 1 aliphatic carbocycles. The maximum atomic E-state index is 12.1. The number of carbonyl (C=O) groups excluding carboxylic acids is 1. The minimum Gasteiger partial charge on any atom is -0.373 e. The predicted octanol–water partition coefficient (Wildman–Crippen LogP) is 4.08. The standard InChI is InChI=1S/C17H24O2/c1-13-8-9-16(14(2)10-13)17(18)12-19-11-15-6-4-3-5-7-15/h8-10,15H,3-7,11-12H2,1-2H3. The van der Waals surface area contributed by atoms with Gasteiger partial charge in [-0.25, -0.2) is 0 Å². The fraction of sp³-hybridized carbons (Fsp3) is 0.588. The minimum absolute atomic E-state index is 0.105. The number of ketones is 1. The van der Waals surface area contributed by atoms with E-state index in [1.54, 1.807) is 0 Å². The molecule has 0 aliphatic heterocycles. The Kier molecular flexibility index (Phi) is 5.15. The topological polar surface area (TPSA) is 26.3 Å². The van der Waals surface area contributed by atoms with Gasteiger partial charge >= 0.3 is 0 Å². The number of hydrogen-bond acceptors (Lipinski definition) is 2. The Morgan fingerprint density at radius 1 is 1.21 bits per heavy atom. The molecule has 0 N–H and O–H groups in total. The molecule has 0 amide bonds. The van der Waals surface area contributed by atoms with E-state index in [0.29, 0.717) is 5.92 Å². The number of aryl methyl sites for hydroxylation is 2. The normalized spacial score (nSPS) is 16.5. The van der Waals surface area contributed by atoms with Crippen LogP contribution in [0.5, 0.6) is 0 Å². The van der Waals surface area contributed by atoms with Crippen molar-refractivity contribution in [2.75, 3.05) is 13.2 Å². The average molecular weight is 260 g/mol. The maximum Gasteiger partial charge on any atom is 0.188 e. The van der Waals surface area contributed by atoms with Gasteiger partial charge in [0, 0.05) is 5.56 Å². The second-order valence-electron chi connectivity index (χ2n) is 5.76. The van der Waals surface area contributed by atoms with E-state index < -0.39 is 0 Å². The number of benzene rings is 1. The molecule has 104 valence electrons. The summed E-state index contributed by atoms with van der Waals surface area (Å²) in [4.78, 5) is 12.1. The van der Waals surface area contributed by atoms with Crippen LogP contribution in [0.15, 0.2) is 18.2 Å². The smallest absolute Gasteiger partial charge is 0.188 e. The van der Waals surface area contributed by atoms with Gasteiger partial charge in [0.1, 0.15) is 6.61 Å². The van der Waals surface area contributed by atoms with Crippen molar-refractivity contribution in [2.24, 2.45) is 5.92 Å². The van der Waals surface area contributed by atoms with Crippen LogP contribution in [0, 0.1) is 19.8 Å². The zero-order valence-electron chi connectivity index (χ0n) is 12.1. The lowest BCUT2D eigenvalue weighted by Crippen LogP contribution is -2.17. The molecule has 1 aliphatic rings. The number of Topliss-reactive ketones (excluding diaryl/α,β-unsaturated/α-hetero) is 1. The first kappa shape index (κ1) is 14.3. The molecule has 0 bridgehead atoms. The second-order valence-corrected chi connectivity index (χ2v) is 5.76. The van der Waals surface area contributed by atoms with E-state index in [2.05, 4.69) is 0 Å². The minimum atomic E-state index is 0.105. The van der Waals surface area contributed by atoms with Crippen LogP contribution in [0.25, 0.3) is 0 Å². The van der Waals surface area contributed by atoms with Gasteiger partial charge in [0.05, 0.1) is 6.61 Å². The van der Waals surface area contributed by atoms with Crippen LogP contribution >= 0.6 is 0 Å². The lowest BCUT2D eigenvalue weighted by Gasteiger charge is -2.21. The lowest BCUT2D eigenvalue weighted by molar-refractivity contribution is 0.0628. The Bertz CT molecular complexity index is 431. The molecule has 2 heteroatoms. The van der Waals surface area contributed by atoms with Gasteiger partial charge in [-0.1, -0.05) is 43.0 Å². The molecular weight excluding hydrogens is 236 g/mol. The van der Waals surface area contributed by atoms with E-state index in [1.807, 2.05) is 32.0 Å². The van der Waals surface area contributed by atoms with E-state index in [-0.39, 0.29) is 12.4 Å². The summed E-state index contributed by atoms with van der Waals surface area (Å²) in [6, 6.07) is 5.95. The Morgan fingerprint density at radius 2 is 1.95 bits per heavy atom. The lowest BCUT2D eigenvalue weighted by atomic mass is 9.90. The molecule has 19 heavy (non-hydrogen) atoms. The zero-order chi connectivity index (χ0) is 13.7. The highest BCUT2D eigenvalue weighted by molar-refractivity contribution is 5.98. The van der Waals surface area contributed by atoms with Gasteiger partial charge in [-0.15, -0.1) is 0 Å². The molecule has 1 aromatic carbocycles. The first-order valence-corrected chi connectivity index (χ1v) is 7.35. The van der Waals surface area contributed by atoms with Crippen LogP contribution in [0.4, 0.5) is 0 Å². The third-order valence-corrected chi connectivity index (χ3v) is 3.99. The summed E-state index contributed by atoms with van der Waals surface area (Å²) >= 11 is 0. The first-order chi connectivity index (χ1) is 9.16. The van der Waals surface area contributed by atoms with Gasteiger partial charge in [-0.2, -0.15) is 0 Å². The Labute approximate surface area is 116 Å². The number of hydrogen-bond donors (Lipinski definition) is 0. The summed E-state index contributed by atoms with van der Waals surface area (Å²) in [6.45, 7) is 5.00. The highest BCUT2D eigenvalue weighted by atomic mass is 16.5. The molecule has 0 atom stereocenters. The zero-order valence-corrected chi connectivity index (χ0v) is 12.1. The summed E-state index contributed by atoms with van der Waals surface area (Å²) in [5.41, 5.74) is 3.04. The van der Waals surface area contributed by atoms with Crippen molar-refractivity contribution in [3.63, 3.8) is 0 Å². The van der Waals surface area contributed by atoms with E-state index in [9.17, 15) is 4.79 Å². The number of ether oxygens (including phenoxy) is 1. The summed E-state index contributed by atoms with van der Waals surface area (Å²) < 4.78 is 5.63. The van der Waals surface area contributed by atoms with Crippen LogP contribution in [-0.2, 0) is 4.74 Å². The van der Waals surface area contributed by atoms with Gasteiger partial charge < -0.3 is 4.74 Å². The fourth-order valence-corrected chi connectivity index (χ4v) is 2.88. The van der Waals surface area contributed by atoms with Gasteiger partial charge in [0.15, 0.2) is 5.78 Å². The van der Waals surface area contributed by atoms with E-state index in [1.165, 1.54) is 37.7 Å². The van der Waals surface area contributed by atoms with Crippen molar-refractivity contribution in [3.8, 4) is 0 Å². The quantitative estimate of drug-likeness (QED) is 0.746. The third kappa shape index (κ3) is 4.17. The molecule has 2 nitrogen and oxygen atoms in total. The van der Waals surface area contributed by atoms with Crippen LogP contribution in [0.3, 0.4) is 0 Å². The van der Waals surface area contributed by atoms with Crippen LogP contribution in [0.2, 0.25) is 0 Å². The third-order valence-electron chi connectivity index (χ3n) is 3.99. The fourth-order valence-electron chi connectivity index (χ4n) is 2.88. The SMILES string of the molecule is Cc1ccc(C(=O)COCC2CCCCC2)c(C)c1. The molecule has 0 aromatic heterocycles. The van der Waals surface area contributed by atoms with E-state index in [4.69, 9.17) is 4.74 Å². The van der Waals surface area contributed by atoms with Crippen LogP contribution in [0.1, 0.15) is 53.6 Å². The molecule has 0 heterocycles. The monoisotopic (exact) mass is 260 g/mol. The number of carbonyl (C=O) groups is 1. The molecule has 2 rings (SSSR count). The summed E-state index contributed by atoms with van der Waals surface area (Å²) in [6.07, 6.45) is 6.52. The molecule has 0 unspecified atom stereocenters. The highest BCUT2D eigenvalue weighted by Crippen LogP contribution is 2.23. The Hall–Kier alpha value is -1.15. The van der Waals surface area contributed by atoms with Crippen molar-refractivity contribution in [3.05, 3.63) is 34.9 Å².